The van der Waals surface area contributed by atoms with Gasteiger partial charge in [0.25, 0.3) is 0 Å². The van der Waals surface area contributed by atoms with Crippen LogP contribution in [0.5, 0.6) is 11.5 Å². The fourth-order valence-corrected chi connectivity index (χ4v) is 1.50. The number of carbonyl (C=O) groups is 1. The summed E-state index contributed by atoms with van der Waals surface area (Å²) in [5, 5.41) is 8.87. The SMILES string of the molecule is COc1cc(C#N)cc(C(=O)CCN)c1OC. The summed E-state index contributed by atoms with van der Waals surface area (Å²) in [4.78, 5) is 11.8. The molecule has 1 rings (SSSR count). The van der Waals surface area contributed by atoms with E-state index in [1.165, 1.54) is 26.4 Å². The summed E-state index contributed by atoms with van der Waals surface area (Å²) < 4.78 is 10.2. The topological polar surface area (TPSA) is 85.3 Å². The number of hydrogen-bond donors (Lipinski definition) is 1. The van der Waals surface area contributed by atoms with Crippen LogP contribution in [0.3, 0.4) is 0 Å². The van der Waals surface area contributed by atoms with E-state index >= 15 is 0 Å². The van der Waals surface area contributed by atoms with Crippen molar-refractivity contribution in [2.45, 2.75) is 6.42 Å². The second-order valence-corrected chi connectivity index (χ2v) is 3.33. The fourth-order valence-electron chi connectivity index (χ4n) is 1.50. The molecule has 0 aliphatic carbocycles. The number of ether oxygens (including phenoxy) is 2. The van der Waals surface area contributed by atoms with E-state index in [0.717, 1.165) is 0 Å². The molecule has 2 N–H and O–H groups in total. The molecule has 1 aromatic carbocycles. The predicted octanol–water partition coefficient (Wildman–Crippen LogP) is 1.11. The monoisotopic (exact) mass is 234 g/mol. The maximum atomic E-state index is 11.8. The minimum absolute atomic E-state index is 0.167. The molecule has 90 valence electrons. The molecule has 0 amide bonds. The molecule has 0 aliphatic heterocycles. The van der Waals surface area contributed by atoms with Crippen molar-refractivity contribution in [2.24, 2.45) is 5.73 Å². The van der Waals surface area contributed by atoms with Crippen LogP contribution >= 0.6 is 0 Å². The van der Waals surface area contributed by atoms with Crippen LogP contribution in [0, 0.1) is 11.3 Å². The first-order valence-corrected chi connectivity index (χ1v) is 5.07. The van der Waals surface area contributed by atoms with Crippen molar-refractivity contribution in [3.05, 3.63) is 23.3 Å². The van der Waals surface area contributed by atoms with Gasteiger partial charge in [0.05, 0.1) is 31.4 Å². The van der Waals surface area contributed by atoms with Gasteiger partial charge >= 0.3 is 0 Å². The van der Waals surface area contributed by atoms with Crippen LogP contribution in [-0.2, 0) is 0 Å². The average Bonchev–Trinajstić information content (AvgIpc) is 2.37. The largest absolute Gasteiger partial charge is 0.493 e. The van der Waals surface area contributed by atoms with Crippen LogP contribution in [0.15, 0.2) is 12.1 Å². The number of carbonyl (C=O) groups excluding carboxylic acids is 1. The zero-order valence-electron chi connectivity index (χ0n) is 9.82. The molecule has 0 atom stereocenters. The van der Waals surface area contributed by atoms with Crippen LogP contribution in [-0.4, -0.2) is 26.5 Å². The summed E-state index contributed by atoms with van der Waals surface area (Å²) in [5.41, 5.74) is 6.02. The van der Waals surface area contributed by atoms with Crippen molar-refractivity contribution in [2.75, 3.05) is 20.8 Å². The Morgan fingerprint density at radius 1 is 1.41 bits per heavy atom. The number of nitrogens with zero attached hydrogens (tertiary/aromatic N) is 1. The molecule has 1 aromatic rings. The third-order valence-electron chi connectivity index (χ3n) is 2.28. The number of nitriles is 1. The lowest BCUT2D eigenvalue weighted by atomic mass is 10.0. The molecule has 0 unspecified atom stereocenters. The third-order valence-corrected chi connectivity index (χ3v) is 2.28. The lowest BCUT2D eigenvalue weighted by Gasteiger charge is -2.12. The standard InChI is InChI=1S/C12H14N2O3/c1-16-11-6-8(7-14)5-9(12(11)17-2)10(15)3-4-13/h5-6H,3-4,13H2,1-2H3. The molecule has 0 saturated carbocycles. The summed E-state index contributed by atoms with van der Waals surface area (Å²) in [6.45, 7) is 0.251. The van der Waals surface area contributed by atoms with Gasteiger partial charge in [0, 0.05) is 12.5 Å². The van der Waals surface area contributed by atoms with Crippen LogP contribution in [0.2, 0.25) is 0 Å². The summed E-state index contributed by atoms with van der Waals surface area (Å²) in [7, 11) is 2.90. The number of hydrogen-bond acceptors (Lipinski definition) is 5. The number of benzene rings is 1. The van der Waals surface area contributed by atoms with Crippen molar-refractivity contribution in [1.82, 2.24) is 0 Å². The predicted molar refractivity (Wildman–Crippen MR) is 62.3 cm³/mol. The van der Waals surface area contributed by atoms with E-state index in [1.807, 2.05) is 6.07 Å². The van der Waals surface area contributed by atoms with Crippen LogP contribution < -0.4 is 15.2 Å². The van der Waals surface area contributed by atoms with Gasteiger partial charge in [-0.05, 0) is 12.6 Å². The van der Waals surface area contributed by atoms with Gasteiger partial charge in [-0.25, -0.2) is 0 Å². The molecule has 5 heteroatoms. The van der Waals surface area contributed by atoms with Crippen molar-refractivity contribution in [3.8, 4) is 17.6 Å². The van der Waals surface area contributed by atoms with Crippen molar-refractivity contribution in [1.29, 1.82) is 5.26 Å². The van der Waals surface area contributed by atoms with Gasteiger partial charge in [-0.1, -0.05) is 0 Å². The van der Waals surface area contributed by atoms with E-state index < -0.39 is 0 Å². The molecule has 0 aliphatic rings. The molecule has 17 heavy (non-hydrogen) atoms. The smallest absolute Gasteiger partial charge is 0.171 e. The maximum absolute atomic E-state index is 11.8. The van der Waals surface area contributed by atoms with Crippen molar-refractivity contribution in [3.63, 3.8) is 0 Å². The molecule has 0 saturated heterocycles. The van der Waals surface area contributed by atoms with Gasteiger partial charge in [0.15, 0.2) is 17.3 Å². The highest BCUT2D eigenvalue weighted by Crippen LogP contribution is 2.33. The Morgan fingerprint density at radius 2 is 2.12 bits per heavy atom. The number of ketones is 1. The van der Waals surface area contributed by atoms with E-state index in [4.69, 9.17) is 20.5 Å². The first-order chi connectivity index (χ1) is 8.17. The normalized spacial score (nSPS) is 9.53. The summed E-state index contributed by atoms with van der Waals surface area (Å²) >= 11 is 0. The summed E-state index contributed by atoms with van der Waals surface area (Å²) in [5.74, 6) is 0.539. The maximum Gasteiger partial charge on any atom is 0.171 e. The highest BCUT2D eigenvalue weighted by molar-refractivity contribution is 6.00. The lowest BCUT2D eigenvalue weighted by Crippen LogP contribution is -2.10. The molecule has 5 nitrogen and oxygen atoms in total. The van der Waals surface area contributed by atoms with Gasteiger partial charge in [-0.15, -0.1) is 0 Å². The minimum atomic E-state index is -0.167. The van der Waals surface area contributed by atoms with Gasteiger partial charge in [0.1, 0.15) is 0 Å². The van der Waals surface area contributed by atoms with E-state index in [1.54, 1.807) is 0 Å². The fraction of sp³-hybridized carbons (Fsp3) is 0.333. The Kier molecular flexibility index (Phi) is 4.49. The minimum Gasteiger partial charge on any atom is -0.493 e. The molecule has 0 radical (unpaired) electrons. The third kappa shape index (κ3) is 2.74. The van der Waals surface area contributed by atoms with Crippen molar-refractivity contribution >= 4 is 5.78 Å². The van der Waals surface area contributed by atoms with E-state index in [-0.39, 0.29) is 18.7 Å². The second kappa shape index (κ2) is 5.87. The first-order valence-electron chi connectivity index (χ1n) is 5.07. The van der Waals surface area contributed by atoms with Crippen LogP contribution in [0.25, 0.3) is 0 Å². The Morgan fingerprint density at radius 3 is 2.59 bits per heavy atom. The van der Waals surface area contributed by atoms with Crippen LogP contribution in [0.4, 0.5) is 0 Å². The zero-order valence-corrected chi connectivity index (χ0v) is 9.82. The Hall–Kier alpha value is -2.06. The van der Waals surface area contributed by atoms with Gasteiger partial charge in [-0.2, -0.15) is 5.26 Å². The number of methoxy groups -OCH3 is 2. The van der Waals surface area contributed by atoms with E-state index in [0.29, 0.717) is 22.6 Å². The molecule has 0 heterocycles. The molecule has 0 bridgehead atoms. The Bertz CT molecular complexity index is 464. The Balaban J connectivity index is 3.35. The lowest BCUT2D eigenvalue weighted by molar-refractivity contribution is 0.0982. The summed E-state index contributed by atoms with van der Waals surface area (Å²) in [6.07, 6.45) is 0.203. The highest BCUT2D eigenvalue weighted by Gasteiger charge is 2.17. The van der Waals surface area contributed by atoms with Crippen molar-refractivity contribution < 1.29 is 14.3 Å². The molecule has 0 aromatic heterocycles. The number of Topliss-reactive ketones (excluding diaryl/α,β-unsaturated/α-hetero) is 1. The zero-order chi connectivity index (χ0) is 12.8. The molecule has 0 spiro atoms. The van der Waals surface area contributed by atoms with Gasteiger partial charge in [0.2, 0.25) is 0 Å². The number of nitrogens with two attached hydrogens (primary N) is 1. The summed E-state index contributed by atoms with van der Waals surface area (Å²) in [6, 6.07) is 4.98. The Labute approximate surface area is 99.7 Å². The highest BCUT2D eigenvalue weighted by atomic mass is 16.5. The van der Waals surface area contributed by atoms with E-state index in [9.17, 15) is 4.79 Å². The quantitative estimate of drug-likeness (QED) is 0.771. The molecular formula is C12H14N2O3. The van der Waals surface area contributed by atoms with E-state index in [2.05, 4.69) is 0 Å². The first kappa shape index (κ1) is 13.0. The van der Waals surface area contributed by atoms with Crippen LogP contribution in [0.1, 0.15) is 22.3 Å². The molecule has 0 fully saturated rings. The average molecular weight is 234 g/mol. The second-order valence-electron chi connectivity index (χ2n) is 3.33. The molecular weight excluding hydrogens is 220 g/mol. The van der Waals surface area contributed by atoms with Gasteiger partial charge in [-0.3, -0.25) is 4.79 Å². The number of rotatable bonds is 5. The van der Waals surface area contributed by atoms with Gasteiger partial charge < -0.3 is 15.2 Å².